The highest BCUT2D eigenvalue weighted by molar-refractivity contribution is 5.67. The van der Waals surface area contributed by atoms with Gasteiger partial charge in [-0.2, -0.15) is 0 Å². The van der Waals surface area contributed by atoms with E-state index in [0.29, 0.717) is 6.54 Å². The number of carboxylic acids is 1. The molecule has 94 valence electrons. The van der Waals surface area contributed by atoms with Gasteiger partial charge in [0.15, 0.2) is 0 Å². The molecular formula is C13H20N2O2. The Balaban J connectivity index is 2.15. The number of nitrogens with one attached hydrogen (secondary N) is 1. The van der Waals surface area contributed by atoms with E-state index in [1.165, 1.54) is 11.1 Å². The molecule has 0 aliphatic heterocycles. The first-order chi connectivity index (χ1) is 8.08. The second kappa shape index (κ2) is 7.04. The molecule has 4 N–H and O–H groups in total. The molecule has 1 atom stereocenters. The van der Waals surface area contributed by atoms with Gasteiger partial charge < -0.3 is 16.2 Å². The van der Waals surface area contributed by atoms with E-state index in [-0.39, 0.29) is 12.5 Å². The third kappa shape index (κ3) is 6.04. The van der Waals surface area contributed by atoms with E-state index in [0.717, 1.165) is 13.0 Å². The van der Waals surface area contributed by atoms with Gasteiger partial charge in [-0.15, -0.1) is 0 Å². The largest absolute Gasteiger partial charge is 0.481 e. The summed E-state index contributed by atoms with van der Waals surface area (Å²) < 4.78 is 0. The number of nitrogens with two attached hydrogens (primary N) is 1. The van der Waals surface area contributed by atoms with Crippen LogP contribution >= 0.6 is 0 Å². The molecule has 0 amide bonds. The Morgan fingerprint density at radius 1 is 1.41 bits per heavy atom. The molecule has 4 nitrogen and oxygen atoms in total. The molecule has 4 heteroatoms. The highest BCUT2D eigenvalue weighted by Gasteiger charge is 2.06. The molecule has 17 heavy (non-hydrogen) atoms. The minimum atomic E-state index is -0.849. The second-order valence-electron chi connectivity index (χ2n) is 4.30. The Kier molecular flexibility index (Phi) is 5.66. The van der Waals surface area contributed by atoms with Crippen molar-refractivity contribution in [2.45, 2.75) is 25.8 Å². The minimum Gasteiger partial charge on any atom is -0.481 e. The van der Waals surface area contributed by atoms with Crippen LogP contribution in [0.5, 0.6) is 0 Å². The predicted octanol–water partition coefficient (Wildman–Crippen LogP) is 0.929. The van der Waals surface area contributed by atoms with Crippen molar-refractivity contribution in [1.29, 1.82) is 0 Å². The van der Waals surface area contributed by atoms with Gasteiger partial charge in [0.2, 0.25) is 0 Å². The summed E-state index contributed by atoms with van der Waals surface area (Å²) in [7, 11) is 0. The summed E-state index contributed by atoms with van der Waals surface area (Å²) >= 11 is 0. The quantitative estimate of drug-likeness (QED) is 0.616. The van der Waals surface area contributed by atoms with E-state index in [2.05, 4.69) is 36.5 Å². The van der Waals surface area contributed by atoms with Crippen LogP contribution in [0, 0.1) is 6.92 Å². The lowest BCUT2D eigenvalue weighted by molar-refractivity contribution is -0.137. The summed E-state index contributed by atoms with van der Waals surface area (Å²) in [6, 6.07) is 8.07. The number of hydrogen-bond donors (Lipinski definition) is 3. The Morgan fingerprint density at radius 3 is 2.65 bits per heavy atom. The second-order valence-corrected chi connectivity index (χ2v) is 4.30. The minimum absolute atomic E-state index is 0.0114. The zero-order valence-corrected chi connectivity index (χ0v) is 10.1. The van der Waals surface area contributed by atoms with Gasteiger partial charge in [-0.3, -0.25) is 4.79 Å². The van der Waals surface area contributed by atoms with Crippen molar-refractivity contribution in [3.05, 3.63) is 35.4 Å². The molecule has 1 aromatic carbocycles. The number of benzene rings is 1. The summed E-state index contributed by atoms with van der Waals surface area (Å²) in [4.78, 5) is 10.4. The molecule has 0 radical (unpaired) electrons. The van der Waals surface area contributed by atoms with Gasteiger partial charge in [0, 0.05) is 12.6 Å². The summed E-state index contributed by atoms with van der Waals surface area (Å²) in [6.07, 6.45) is 0.942. The average Bonchev–Trinajstić information content (AvgIpc) is 2.26. The van der Waals surface area contributed by atoms with Crippen molar-refractivity contribution < 1.29 is 9.90 Å². The summed E-state index contributed by atoms with van der Waals surface area (Å²) in [5.74, 6) is -0.849. The van der Waals surface area contributed by atoms with Crippen LogP contribution in [0.15, 0.2) is 24.3 Å². The third-order valence-electron chi connectivity index (χ3n) is 2.55. The first-order valence-electron chi connectivity index (χ1n) is 5.81. The van der Waals surface area contributed by atoms with Gasteiger partial charge >= 0.3 is 5.97 Å². The Morgan fingerprint density at radius 2 is 2.06 bits per heavy atom. The van der Waals surface area contributed by atoms with Crippen LogP contribution in [0.2, 0.25) is 0 Å². The standard InChI is InChI=1S/C13H20N2O2/c1-10-2-4-11(5-3-10)6-7-15-9-12(14)8-13(16)17/h2-5,12,15H,6-9,14H2,1H3,(H,16,17). The number of carboxylic acid groups (broad SMARTS) is 1. The third-order valence-corrected chi connectivity index (χ3v) is 2.55. The zero-order valence-electron chi connectivity index (χ0n) is 10.1. The van der Waals surface area contributed by atoms with Crippen LogP contribution in [0.4, 0.5) is 0 Å². The van der Waals surface area contributed by atoms with E-state index in [4.69, 9.17) is 10.8 Å². The highest BCUT2D eigenvalue weighted by Crippen LogP contribution is 2.03. The zero-order chi connectivity index (χ0) is 12.7. The van der Waals surface area contributed by atoms with Crippen LogP contribution in [-0.2, 0) is 11.2 Å². The molecule has 0 bridgehead atoms. The van der Waals surface area contributed by atoms with E-state index in [9.17, 15) is 4.79 Å². The molecule has 0 aliphatic rings. The van der Waals surface area contributed by atoms with Crippen LogP contribution in [0.25, 0.3) is 0 Å². The van der Waals surface area contributed by atoms with Crippen molar-refractivity contribution in [1.82, 2.24) is 5.32 Å². The lowest BCUT2D eigenvalue weighted by atomic mass is 10.1. The van der Waals surface area contributed by atoms with E-state index in [1.54, 1.807) is 0 Å². The molecule has 0 saturated carbocycles. The fraction of sp³-hybridized carbons (Fsp3) is 0.462. The number of aryl methyl sites for hydroxylation is 1. The lowest BCUT2D eigenvalue weighted by Crippen LogP contribution is -2.36. The fourth-order valence-corrected chi connectivity index (χ4v) is 1.57. The molecule has 0 fully saturated rings. The maximum atomic E-state index is 10.4. The predicted molar refractivity (Wildman–Crippen MR) is 68.0 cm³/mol. The van der Waals surface area contributed by atoms with Crippen molar-refractivity contribution in [3.63, 3.8) is 0 Å². The van der Waals surface area contributed by atoms with Gasteiger partial charge in [0.05, 0.1) is 6.42 Å². The van der Waals surface area contributed by atoms with Crippen LogP contribution in [0.3, 0.4) is 0 Å². The van der Waals surface area contributed by atoms with Crippen LogP contribution in [-0.4, -0.2) is 30.2 Å². The van der Waals surface area contributed by atoms with E-state index >= 15 is 0 Å². The van der Waals surface area contributed by atoms with Gasteiger partial charge in [-0.05, 0) is 25.5 Å². The smallest absolute Gasteiger partial charge is 0.304 e. The molecular weight excluding hydrogens is 216 g/mol. The first kappa shape index (κ1) is 13.7. The molecule has 0 aliphatic carbocycles. The Labute approximate surface area is 102 Å². The van der Waals surface area contributed by atoms with E-state index < -0.39 is 5.97 Å². The maximum absolute atomic E-state index is 10.4. The Bertz CT molecular complexity index is 349. The summed E-state index contributed by atoms with van der Waals surface area (Å²) in [5, 5.41) is 11.7. The molecule has 0 saturated heterocycles. The van der Waals surface area contributed by atoms with Crippen molar-refractivity contribution >= 4 is 5.97 Å². The van der Waals surface area contributed by atoms with Crippen molar-refractivity contribution in [2.24, 2.45) is 5.73 Å². The van der Waals surface area contributed by atoms with Gasteiger partial charge in [0.25, 0.3) is 0 Å². The Hall–Kier alpha value is -1.39. The average molecular weight is 236 g/mol. The van der Waals surface area contributed by atoms with E-state index in [1.807, 2.05) is 0 Å². The van der Waals surface area contributed by atoms with Crippen molar-refractivity contribution in [3.8, 4) is 0 Å². The van der Waals surface area contributed by atoms with Crippen LogP contribution < -0.4 is 11.1 Å². The van der Waals surface area contributed by atoms with Gasteiger partial charge in [-0.25, -0.2) is 0 Å². The number of rotatable bonds is 7. The SMILES string of the molecule is Cc1ccc(CCNCC(N)CC(=O)O)cc1. The fourth-order valence-electron chi connectivity index (χ4n) is 1.57. The maximum Gasteiger partial charge on any atom is 0.304 e. The highest BCUT2D eigenvalue weighted by atomic mass is 16.4. The topological polar surface area (TPSA) is 75.3 Å². The number of aliphatic carboxylic acids is 1. The van der Waals surface area contributed by atoms with Gasteiger partial charge in [0.1, 0.15) is 0 Å². The first-order valence-corrected chi connectivity index (χ1v) is 5.81. The number of carbonyl (C=O) groups is 1. The molecule has 0 spiro atoms. The molecule has 1 unspecified atom stereocenters. The van der Waals surface area contributed by atoms with Crippen LogP contribution in [0.1, 0.15) is 17.5 Å². The van der Waals surface area contributed by atoms with Gasteiger partial charge in [-0.1, -0.05) is 29.8 Å². The summed E-state index contributed by atoms with van der Waals surface area (Å²) in [5.41, 5.74) is 8.16. The molecule has 1 aromatic rings. The molecule has 0 aromatic heterocycles. The summed E-state index contributed by atoms with van der Waals surface area (Å²) in [6.45, 7) is 3.42. The van der Waals surface area contributed by atoms with Crippen molar-refractivity contribution in [2.75, 3.05) is 13.1 Å². The molecule has 1 rings (SSSR count). The monoisotopic (exact) mass is 236 g/mol. The number of hydrogen-bond acceptors (Lipinski definition) is 3. The molecule has 0 heterocycles. The normalized spacial score (nSPS) is 12.4. The lowest BCUT2D eigenvalue weighted by Gasteiger charge is -2.10.